The lowest BCUT2D eigenvalue weighted by Crippen LogP contribution is -2.30. The number of anilines is 1. The van der Waals surface area contributed by atoms with E-state index >= 15 is 0 Å². The molecule has 1 N–H and O–H groups in total. The largest absolute Gasteiger partial charge is 0.503 e. The lowest BCUT2D eigenvalue weighted by atomic mass is 9.96. The van der Waals surface area contributed by atoms with E-state index in [4.69, 9.17) is 16.0 Å². The van der Waals surface area contributed by atoms with Gasteiger partial charge >= 0.3 is 0 Å². The van der Waals surface area contributed by atoms with Crippen molar-refractivity contribution in [2.45, 2.75) is 6.04 Å². The third-order valence-corrected chi connectivity index (χ3v) is 6.94. The van der Waals surface area contributed by atoms with Crippen LogP contribution in [0.25, 0.3) is 21.2 Å². The summed E-state index contributed by atoms with van der Waals surface area (Å²) in [4.78, 5) is 36.9. The summed E-state index contributed by atoms with van der Waals surface area (Å²) < 4.78 is 6.63. The molecule has 166 valence electrons. The van der Waals surface area contributed by atoms with Gasteiger partial charge in [0.05, 0.1) is 21.8 Å². The topological polar surface area (TPSA) is 96.5 Å². The molecule has 1 aliphatic heterocycles. The van der Waals surface area contributed by atoms with Crippen LogP contribution in [0, 0.1) is 0 Å². The first-order chi connectivity index (χ1) is 16.5. The molecule has 0 saturated heterocycles. The molecule has 0 saturated carbocycles. The predicted molar refractivity (Wildman–Crippen MR) is 129 cm³/mol. The number of benzene rings is 2. The molecule has 0 radical (unpaired) electrons. The van der Waals surface area contributed by atoms with Crippen molar-refractivity contribution in [2.75, 3.05) is 4.90 Å². The minimum absolute atomic E-state index is 0.00294. The van der Waals surface area contributed by atoms with Gasteiger partial charge < -0.3 is 9.52 Å². The third-order valence-electron chi connectivity index (χ3n) is 5.67. The smallest absolute Gasteiger partial charge is 0.296 e. The molecule has 1 amide bonds. The van der Waals surface area contributed by atoms with Gasteiger partial charge in [0.25, 0.3) is 5.91 Å². The van der Waals surface area contributed by atoms with Crippen molar-refractivity contribution >= 4 is 60.9 Å². The lowest BCUT2D eigenvalue weighted by molar-refractivity contribution is -0.117. The van der Waals surface area contributed by atoms with Crippen LogP contribution in [0.2, 0.25) is 5.02 Å². The summed E-state index contributed by atoms with van der Waals surface area (Å²) in [6.07, 6.45) is 3.13. The molecule has 0 aliphatic carbocycles. The summed E-state index contributed by atoms with van der Waals surface area (Å²) in [7, 11) is 0. The number of aliphatic hydroxyl groups excluding tert-OH is 1. The van der Waals surface area contributed by atoms with Crippen LogP contribution in [-0.2, 0) is 4.79 Å². The van der Waals surface area contributed by atoms with E-state index in [1.54, 1.807) is 48.8 Å². The Morgan fingerprint density at radius 3 is 2.68 bits per heavy atom. The second-order valence-corrected chi connectivity index (χ2v) is 9.15. The van der Waals surface area contributed by atoms with Crippen molar-refractivity contribution in [3.63, 3.8) is 0 Å². The summed E-state index contributed by atoms with van der Waals surface area (Å²) in [5.74, 6) is -1.94. The molecule has 9 heteroatoms. The Labute approximate surface area is 201 Å². The van der Waals surface area contributed by atoms with E-state index < -0.39 is 23.5 Å². The van der Waals surface area contributed by atoms with Crippen LogP contribution < -0.4 is 4.90 Å². The second-order valence-electron chi connectivity index (χ2n) is 7.71. The number of amides is 1. The maximum absolute atomic E-state index is 13.6. The fourth-order valence-corrected chi connectivity index (χ4v) is 5.29. The Bertz CT molecular complexity index is 1610. The lowest BCUT2D eigenvalue weighted by Gasteiger charge is -2.24. The van der Waals surface area contributed by atoms with Gasteiger partial charge in [0.1, 0.15) is 5.58 Å². The Morgan fingerprint density at radius 2 is 1.88 bits per heavy atom. The van der Waals surface area contributed by atoms with E-state index in [0.717, 1.165) is 10.2 Å². The molecule has 0 fully saturated rings. The van der Waals surface area contributed by atoms with Gasteiger partial charge in [-0.05, 0) is 54.1 Å². The molecular formula is C25H14ClN3O4S. The zero-order chi connectivity index (χ0) is 23.4. The van der Waals surface area contributed by atoms with E-state index in [1.807, 2.05) is 24.3 Å². The number of pyridine rings is 1. The molecular weight excluding hydrogens is 474 g/mol. The molecule has 1 aliphatic rings. The maximum Gasteiger partial charge on any atom is 0.296 e. The normalized spacial score (nSPS) is 16.2. The number of hydrogen-bond acceptors (Lipinski definition) is 7. The Hall–Kier alpha value is -4.01. The van der Waals surface area contributed by atoms with Crippen molar-refractivity contribution in [3.05, 3.63) is 101 Å². The monoisotopic (exact) mass is 487 g/mol. The SMILES string of the molecule is O=C(C1=C(O)C(=O)N(c2nc3ccccc3s2)C1c1ccncc1)c1cc2cc(Cl)ccc2o1. The van der Waals surface area contributed by atoms with E-state index in [-0.39, 0.29) is 11.3 Å². The van der Waals surface area contributed by atoms with Crippen LogP contribution in [0.3, 0.4) is 0 Å². The fourth-order valence-electron chi connectivity index (χ4n) is 4.12. The Balaban J connectivity index is 1.50. The standard InChI is InChI=1S/C25H14ClN3O4S/c26-15-5-6-17-14(11-15)12-18(33-17)22(30)20-21(13-7-9-27-10-8-13)29(24(32)23(20)31)25-28-16-3-1-2-4-19(16)34-25/h1-12,21,31H. The number of carbonyl (C=O) groups excluding carboxylic acids is 2. The molecule has 34 heavy (non-hydrogen) atoms. The van der Waals surface area contributed by atoms with Crippen molar-refractivity contribution in [3.8, 4) is 0 Å². The average molecular weight is 488 g/mol. The first-order valence-electron chi connectivity index (χ1n) is 10.3. The minimum Gasteiger partial charge on any atom is -0.503 e. The molecule has 1 atom stereocenters. The highest BCUT2D eigenvalue weighted by atomic mass is 35.5. The number of hydrogen-bond donors (Lipinski definition) is 1. The number of furan rings is 1. The number of ketones is 1. The number of thiazole rings is 1. The van der Waals surface area contributed by atoms with Crippen LogP contribution in [0.15, 0.2) is 88.8 Å². The zero-order valence-electron chi connectivity index (χ0n) is 17.3. The van der Waals surface area contributed by atoms with E-state index in [1.165, 1.54) is 16.2 Å². The van der Waals surface area contributed by atoms with E-state index in [9.17, 15) is 14.7 Å². The second kappa shape index (κ2) is 7.79. The van der Waals surface area contributed by atoms with Crippen LogP contribution in [0.4, 0.5) is 5.13 Å². The van der Waals surface area contributed by atoms with Crippen LogP contribution >= 0.6 is 22.9 Å². The van der Waals surface area contributed by atoms with Crippen molar-refractivity contribution in [1.29, 1.82) is 0 Å². The number of rotatable bonds is 4. The fraction of sp³-hybridized carbons (Fsp3) is 0.0400. The van der Waals surface area contributed by atoms with Gasteiger partial charge in [-0.1, -0.05) is 35.1 Å². The highest BCUT2D eigenvalue weighted by Gasteiger charge is 2.46. The highest BCUT2D eigenvalue weighted by Crippen LogP contribution is 2.44. The summed E-state index contributed by atoms with van der Waals surface area (Å²) >= 11 is 7.37. The van der Waals surface area contributed by atoms with Gasteiger partial charge in [-0.3, -0.25) is 19.5 Å². The van der Waals surface area contributed by atoms with Crippen LogP contribution in [-0.4, -0.2) is 26.8 Å². The van der Waals surface area contributed by atoms with Gasteiger partial charge in [0, 0.05) is 22.8 Å². The Kier molecular flexibility index (Phi) is 4.72. The number of halogens is 1. The molecule has 5 aromatic rings. The molecule has 3 aromatic heterocycles. The number of fused-ring (bicyclic) bond motifs is 2. The molecule has 4 heterocycles. The van der Waals surface area contributed by atoms with Gasteiger partial charge in [-0.25, -0.2) is 4.98 Å². The highest BCUT2D eigenvalue weighted by molar-refractivity contribution is 7.22. The van der Waals surface area contributed by atoms with E-state index in [0.29, 0.717) is 26.7 Å². The van der Waals surface area contributed by atoms with Crippen molar-refractivity contribution < 1.29 is 19.1 Å². The van der Waals surface area contributed by atoms with Crippen molar-refractivity contribution in [2.24, 2.45) is 0 Å². The molecule has 7 nitrogen and oxygen atoms in total. The van der Waals surface area contributed by atoms with Crippen LogP contribution in [0.5, 0.6) is 0 Å². The summed E-state index contributed by atoms with van der Waals surface area (Å²) in [5, 5.41) is 12.4. The molecule has 6 rings (SSSR count). The number of para-hydroxylation sites is 1. The zero-order valence-corrected chi connectivity index (χ0v) is 18.9. The molecule has 0 bridgehead atoms. The van der Waals surface area contributed by atoms with Gasteiger partial charge in [-0.2, -0.15) is 0 Å². The van der Waals surface area contributed by atoms with E-state index in [2.05, 4.69) is 9.97 Å². The Morgan fingerprint density at radius 1 is 1.09 bits per heavy atom. The number of nitrogens with zero attached hydrogens (tertiary/aromatic N) is 3. The maximum atomic E-state index is 13.6. The average Bonchev–Trinajstić information content (AvgIpc) is 3.53. The van der Waals surface area contributed by atoms with Gasteiger partial charge in [-0.15, -0.1) is 0 Å². The molecule has 1 unspecified atom stereocenters. The van der Waals surface area contributed by atoms with Crippen LogP contribution in [0.1, 0.15) is 22.2 Å². The number of carbonyl (C=O) groups is 2. The summed E-state index contributed by atoms with van der Waals surface area (Å²) in [6.45, 7) is 0. The summed E-state index contributed by atoms with van der Waals surface area (Å²) in [5.41, 5.74) is 1.72. The predicted octanol–water partition coefficient (Wildman–Crippen LogP) is 5.87. The number of aromatic nitrogens is 2. The summed E-state index contributed by atoms with van der Waals surface area (Å²) in [6, 6.07) is 16.5. The number of aliphatic hydroxyl groups is 1. The quantitative estimate of drug-likeness (QED) is 0.318. The number of Topliss-reactive ketones (excluding diaryl/α,β-unsaturated/α-hetero) is 1. The first-order valence-corrected chi connectivity index (χ1v) is 11.5. The van der Waals surface area contributed by atoms with Gasteiger partial charge in [0.15, 0.2) is 16.7 Å². The molecule has 0 spiro atoms. The first kappa shape index (κ1) is 20.6. The third kappa shape index (κ3) is 3.19. The van der Waals surface area contributed by atoms with Crippen molar-refractivity contribution in [1.82, 2.24) is 9.97 Å². The minimum atomic E-state index is -0.902. The van der Waals surface area contributed by atoms with Gasteiger partial charge in [0.2, 0.25) is 5.78 Å². The molecule has 2 aromatic carbocycles.